The maximum Gasteiger partial charge on any atom is 0.241 e. The van der Waals surface area contributed by atoms with E-state index in [4.69, 9.17) is 5.26 Å². The Bertz CT molecular complexity index is 472. The summed E-state index contributed by atoms with van der Waals surface area (Å²) in [4.78, 5) is 25.4. The third kappa shape index (κ3) is 2.16. The highest BCUT2D eigenvalue weighted by Crippen LogP contribution is 2.37. The van der Waals surface area contributed by atoms with Crippen molar-refractivity contribution < 1.29 is 9.59 Å². The number of nitriles is 1. The summed E-state index contributed by atoms with van der Waals surface area (Å²) in [6.07, 6.45) is 3.50. The Hall–Kier alpha value is -1.61. The van der Waals surface area contributed by atoms with Gasteiger partial charge in [0, 0.05) is 25.6 Å². The first kappa shape index (κ1) is 13.4. The Morgan fingerprint density at radius 1 is 1.40 bits per heavy atom. The molecule has 2 bridgehead atoms. The molecule has 2 amide bonds. The number of carbonyl (C=O) groups excluding carboxylic acids is 2. The Balaban J connectivity index is 1.63. The van der Waals surface area contributed by atoms with Crippen molar-refractivity contribution in [2.45, 2.75) is 56.8 Å². The van der Waals surface area contributed by atoms with Gasteiger partial charge in [-0.05, 0) is 31.6 Å². The summed E-state index contributed by atoms with van der Waals surface area (Å²) in [6.45, 7) is 2.22. The molecule has 5 atom stereocenters. The molecule has 3 aliphatic rings. The first-order valence-corrected chi connectivity index (χ1v) is 7.33. The molecular weight excluding hydrogens is 256 g/mol. The number of hydrogen-bond acceptors (Lipinski definition) is 4. The van der Waals surface area contributed by atoms with Gasteiger partial charge in [0.1, 0.15) is 6.04 Å². The zero-order valence-corrected chi connectivity index (χ0v) is 11.6. The van der Waals surface area contributed by atoms with E-state index in [9.17, 15) is 9.59 Å². The van der Waals surface area contributed by atoms with E-state index in [0.29, 0.717) is 6.54 Å². The normalized spacial score (nSPS) is 38.8. The lowest BCUT2D eigenvalue weighted by Crippen LogP contribution is -2.56. The van der Waals surface area contributed by atoms with E-state index in [1.165, 1.54) is 6.92 Å². The number of nitrogens with one attached hydrogen (secondary N) is 2. The van der Waals surface area contributed by atoms with Crippen LogP contribution in [-0.2, 0) is 9.59 Å². The number of piperidine rings is 1. The second-order valence-corrected chi connectivity index (χ2v) is 6.11. The average Bonchev–Trinajstić information content (AvgIpc) is 3.11. The molecule has 0 radical (unpaired) electrons. The van der Waals surface area contributed by atoms with Gasteiger partial charge in [0.25, 0.3) is 0 Å². The highest BCUT2D eigenvalue weighted by atomic mass is 16.2. The number of amides is 2. The van der Waals surface area contributed by atoms with Gasteiger partial charge in [-0.1, -0.05) is 0 Å². The molecule has 6 heteroatoms. The van der Waals surface area contributed by atoms with Crippen molar-refractivity contribution in [2.24, 2.45) is 5.92 Å². The fourth-order valence-corrected chi connectivity index (χ4v) is 3.94. The van der Waals surface area contributed by atoms with E-state index in [2.05, 4.69) is 16.7 Å². The molecule has 108 valence electrons. The van der Waals surface area contributed by atoms with Crippen LogP contribution in [0.3, 0.4) is 0 Å². The number of nitrogens with zero attached hydrogens (tertiary/aromatic N) is 2. The molecule has 2 saturated heterocycles. The molecule has 20 heavy (non-hydrogen) atoms. The molecule has 0 aromatic rings. The van der Waals surface area contributed by atoms with Crippen LogP contribution in [0, 0.1) is 17.2 Å². The predicted octanol–water partition coefficient (Wildman–Crippen LogP) is -0.244. The molecule has 3 fully saturated rings. The molecule has 1 aliphatic carbocycles. The lowest BCUT2D eigenvalue weighted by Gasteiger charge is -2.32. The van der Waals surface area contributed by atoms with Crippen molar-refractivity contribution in [3.05, 3.63) is 0 Å². The maximum absolute atomic E-state index is 12.6. The topological polar surface area (TPSA) is 85.2 Å². The van der Waals surface area contributed by atoms with Crippen LogP contribution in [0.4, 0.5) is 0 Å². The number of fused-ring (bicyclic) bond motifs is 2. The van der Waals surface area contributed by atoms with Crippen molar-refractivity contribution in [3.8, 4) is 6.07 Å². The number of likely N-dealkylation sites (tertiary alicyclic amines) is 1. The molecule has 3 rings (SSSR count). The Labute approximate surface area is 118 Å². The minimum absolute atomic E-state index is 0.0173. The summed E-state index contributed by atoms with van der Waals surface area (Å²) >= 11 is 0. The van der Waals surface area contributed by atoms with Crippen LogP contribution in [-0.4, -0.2) is 47.4 Å². The van der Waals surface area contributed by atoms with Gasteiger partial charge in [0.05, 0.1) is 12.1 Å². The van der Waals surface area contributed by atoms with Gasteiger partial charge in [-0.25, -0.2) is 0 Å². The summed E-state index contributed by atoms with van der Waals surface area (Å²) in [5, 5.41) is 15.4. The molecule has 1 saturated carbocycles. The second-order valence-electron chi connectivity index (χ2n) is 6.11. The number of carbonyl (C=O) groups is 2. The Kier molecular flexibility index (Phi) is 3.38. The number of hydrogen-bond donors (Lipinski definition) is 2. The standard InChI is InChI=1S/C14H20N4O2/c1-8(19)16-11-5-9-6-12(11)17-13(9)14(20)18-4-2-3-10(18)7-15/h9-13,17H,2-6H2,1H3,(H,16,19)/t9-,10+,11-,12-,13+/m1/s1. The van der Waals surface area contributed by atoms with Crippen molar-refractivity contribution in [1.82, 2.24) is 15.5 Å². The van der Waals surface area contributed by atoms with E-state index in [1.54, 1.807) is 4.90 Å². The molecule has 0 spiro atoms. The molecular formula is C14H20N4O2. The van der Waals surface area contributed by atoms with Gasteiger partial charge < -0.3 is 15.5 Å². The Morgan fingerprint density at radius 3 is 2.80 bits per heavy atom. The predicted molar refractivity (Wildman–Crippen MR) is 71.4 cm³/mol. The maximum atomic E-state index is 12.6. The van der Waals surface area contributed by atoms with E-state index in [0.717, 1.165) is 25.7 Å². The largest absolute Gasteiger partial charge is 0.352 e. The van der Waals surface area contributed by atoms with E-state index >= 15 is 0 Å². The van der Waals surface area contributed by atoms with Gasteiger partial charge in [-0.2, -0.15) is 5.26 Å². The summed E-state index contributed by atoms with van der Waals surface area (Å²) in [5.41, 5.74) is 0. The second kappa shape index (κ2) is 5.06. The van der Waals surface area contributed by atoms with Crippen molar-refractivity contribution in [3.63, 3.8) is 0 Å². The van der Waals surface area contributed by atoms with Gasteiger partial charge in [0.2, 0.25) is 11.8 Å². The van der Waals surface area contributed by atoms with Gasteiger partial charge in [-0.3, -0.25) is 9.59 Å². The van der Waals surface area contributed by atoms with Crippen LogP contribution in [0.15, 0.2) is 0 Å². The van der Waals surface area contributed by atoms with Crippen molar-refractivity contribution >= 4 is 11.8 Å². The van der Waals surface area contributed by atoms with Crippen LogP contribution in [0.2, 0.25) is 0 Å². The molecule has 0 aromatic heterocycles. The molecule has 2 N–H and O–H groups in total. The highest BCUT2D eigenvalue weighted by Gasteiger charge is 2.50. The summed E-state index contributed by atoms with van der Waals surface area (Å²) in [6, 6.07) is 2.14. The lowest BCUT2D eigenvalue weighted by molar-refractivity contribution is -0.134. The molecule has 0 aromatic carbocycles. The third-order valence-corrected chi connectivity index (χ3v) is 4.80. The summed E-state index contributed by atoms with van der Waals surface area (Å²) in [5.74, 6) is 0.337. The molecule has 0 unspecified atom stereocenters. The van der Waals surface area contributed by atoms with Gasteiger partial charge in [0.15, 0.2) is 0 Å². The lowest BCUT2D eigenvalue weighted by atomic mass is 9.96. The van der Waals surface area contributed by atoms with Crippen LogP contribution in [0.1, 0.15) is 32.6 Å². The Morgan fingerprint density at radius 2 is 2.20 bits per heavy atom. The van der Waals surface area contributed by atoms with Gasteiger partial charge >= 0.3 is 0 Å². The average molecular weight is 276 g/mol. The molecule has 2 aliphatic heterocycles. The van der Waals surface area contributed by atoms with E-state index in [1.807, 2.05) is 0 Å². The van der Waals surface area contributed by atoms with Crippen LogP contribution >= 0.6 is 0 Å². The van der Waals surface area contributed by atoms with Crippen LogP contribution < -0.4 is 10.6 Å². The monoisotopic (exact) mass is 276 g/mol. The molecule has 2 heterocycles. The minimum atomic E-state index is -0.255. The first-order chi connectivity index (χ1) is 9.60. The van der Waals surface area contributed by atoms with Crippen LogP contribution in [0.25, 0.3) is 0 Å². The third-order valence-electron chi connectivity index (χ3n) is 4.80. The smallest absolute Gasteiger partial charge is 0.241 e. The molecule has 6 nitrogen and oxygen atoms in total. The zero-order chi connectivity index (χ0) is 14.3. The SMILES string of the molecule is CC(=O)N[C@@H]1C[C@@H]2C[C@H]1N[C@@H]2C(=O)N1CCC[C@H]1C#N. The van der Waals surface area contributed by atoms with Crippen molar-refractivity contribution in [1.29, 1.82) is 5.26 Å². The number of rotatable bonds is 2. The summed E-state index contributed by atoms with van der Waals surface area (Å²) < 4.78 is 0. The highest BCUT2D eigenvalue weighted by molar-refractivity contribution is 5.84. The van der Waals surface area contributed by atoms with E-state index < -0.39 is 0 Å². The summed E-state index contributed by atoms with van der Waals surface area (Å²) in [7, 11) is 0. The van der Waals surface area contributed by atoms with Crippen LogP contribution in [0.5, 0.6) is 0 Å². The minimum Gasteiger partial charge on any atom is -0.352 e. The van der Waals surface area contributed by atoms with Crippen molar-refractivity contribution in [2.75, 3.05) is 6.54 Å². The first-order valence-electron chi connectivity index (χ1n) is 7.33. The van der Waals surface area contributed by atoms with Gasteiger partial charge in [-0.15, -0.1) is 0 Å². The fourth-order valence-electron chi connectivity index (χ4n) is 3.94. The fraction of sp³-hybridized carbons (Fsp3) is 0.786. The quantitative estimate of drug-likeness (QED) is 0.728. The zero-order valence-electron chi connectivity index (χ0n) is 11.6. The van der Waals surface area contributed by atoms with E-state index in [-0.39, 0.29) is 41.9 Å².